The van der Waals surface area contributed by atoms with Crippen molar-refractivity contribution in [3.05, 3.63) is 76.3 Å². The molecule has 1 aromatic heterocycles. The van der Waals surface area contributed by atoms with E-state index in [0.29, 0.717) is 0 Å². The third kappa shape index (κ3) is 8.14. The van der Waals surface area contributed by atoms with Crippen LogP contribution in [0.3, 0.4) is 0 Å². The Kier molecular flexibility index (Phi) is 8.94. The molecule has 1 N–H and O–H groups in total. The van der Waals surface area contributed by atoms with Gasteiger partial charge in [0.15, 0.2) is 8.68 Å². The topological polar surface area (TPSA) is 67.2 Å². The summed E-state index contributed by atoms with van der Waals surface area (Å²) in [7, 11) is 0. The highest BCUT2D eigenvalue weighted by molar-refractivity contribution is 9.12. The van der Waals surface area contributed by atoms with E-state index in [0.717, 1.165) is 24.5 Å². The first-order chi connectivity index (χ1) is 14.2. The molecule has 0 aliphatic heterocycles. The summed E-state index contributed by atoms with van der Waals surface area (Å²) in [5.41, 5.74) is 4.80. The number of carbonyl (C=O) groups excluding carboxylic acids is 1. The Morgan fingerprint density at radius 1 is 1.03 bits per heavy atom. The average molecular weight is 505 g/mol. The smallest absolute Gasteiger partial charge is 0.250 e. The molecule has 0 bridgehead atoms. The van der Waals surface area contributed by atoms with Crippen LogP contribution >= 0.6 is 50.8 Å². The molecular weight excluding hydrogens is 488 g/mol. The third-order valence-electron chi connectivity index (χ3n) is 3.40. The van der Waals surface area contributed by atoms with Crippen molar-refractivity contribution in [2.75, 3.05) is 5.75 Å². The maximum Gasteiger partial charge on any atom is 0.250 e. The fourth-order valence-electron chi connectivity index (χ4n) is 2.10. The monoisotopic (exact) mass is 504 g/mol. The lowest BCUT2D eigenvalue weighted by Crippen LogP contribution is -2.19. The van der Waals surface area contributed by atoms with Gasteiger partial charge in [0.1, 0.15) is 0 Å². The van der Waals surface area contributed by atoms with Gasteiger partial charge in [-0.3, -0.25) is 4.79 Å². The highest BCUT2D eigenvalue weighted by Gasteiger charge is 2.08. The summed E-state index contributed by atoms with van der Waals surface area (Å²) in [5, 5.41) is 12.3. The van der Waals surface area contributed by atoms with Crippen molar-refractivity contribution in [3.8, 4) is 0 Å². The maximum atomic E-state index is 11.9. The van der Waals surface area contributed by atoms with Crippen LogP contribution in [0, 0.1) is 0 Å². The Balaban J connectivity index is 1.39. The quantitative estimate of drug-likeness (QED) is 0.238. The van der Waals surface area contributed by atoms with Gasteiger partial charge in [0.05, 0.1) is 12.0 Å². The number of hydrogen-bond donors (Lipinski definition) is 1. The largest absolute Gasteiger partial charge is 0.272 e. The number of hydrazone groups is 1. The number of halogens is 1. The van der Waals surface area contributed by atoms with E-state index in [1.807, 2.05) is 54.6 Å². The molecule has 0 spiro atoms. The van der Waals surface area contributed by atoms with Crippen molar-refractivity contribution in [1.82, 2.24) is 15.6 Å². The molecular formula is C20H17BrN4OS3. The van der Waals surface area contributed by atoms with Gasteiger partial charge in [0.25, 0.3) is 5.91 Å². The summed E-state index contributed by atoms with van der Waals surface area (Å²) in [6.07, 6.45) is 3.47. The molecule has 1 amide bonds. The minimum Gasteiger partial charge on any atom is -0.272 e. The molecule has 2 aromatic carbocycles. The molecule has 0 radical (unpaired) electrons. The molecule has 0 fully saturated rings. The number of amides is 1. The van der Waals surface area contributed by atoms with Gasteiger partial charge in [-0.15, -0.1) is 10.2 Å². The van der Waals surface area contributed by atoms with Gasteiger partial charge in [-0.05, 0) is 33.1 Å². The van der Waals surface area contributed by atoms with E-state index in [-0.39, 0.29) is 11.7 Å². The van der Waals surface area contributed by atoms with Crippen molar-refractivity contribution < 1.29 is 4.79 Å². The number of aromatic nitrogens is 2. The second-order valence-corrected chi connectivity index (χ2v) is 9.97. The second kappa shape index (κ2) is 11.9. The molecule has 1 heterocycles. The number of allylic oxidation sites excluding steroid dienone is 1. The van der Waals surface area contributed by atoms with E-state index in [1.165, 1.54) is 28.7 Å². The standard InChI is InChI=1S/C20H17BrN4OS3/c21-17(11-15-7-3-1-4-8-15)12-22-23-18(26)14-28-20-25-24-19(29-20)27-13-16-9-5-2-6-10-16/h1-12H,13-14H2,(H,23,26)/b17-11+,22-12+. The fourth-order valence-corrected chi connectivity index (χ4v) is 5.24. The zero-order chi connectivity index (χ0) is 20.3. The lowest BCUT2D eigenvalue weighted by atomic mass is 10.2. The van der Waals surface area contributed by atoms with Crippen molar-refractivity contribution in [2.45, 2.75) is 14.4 Å². The van der Waals surface area contributed by atoms with E-state index in [9.17, 15) is 4.79 Å². The summed E-state index contributed by atoms with van der Waals surface area (Å²) in [5.74, 6) is 0.885. The Bertz CT molecular complexity index is 978. The molecule has 0 atom stereocenters. The summed E-state index contributed by atoms with van der Waals surface area (Å²) in [6.45, 7) is 0. The maximum absolute atomic E-state index is 11.9. The van der Waals surface area contributed by atoms with E-state index in [2.05, 4.69) is 48.8 Å². The van der Waals surface area contributed by atoms with Crippen molar-refractivity contribution in [2.24, 2.45) is 5.10 Å². The summed E-state index contributed by atoms with van der Waals surface area (Å²) in [6, 6.07) is 20.1. The van der Waals surface area contributed by atoms with E-state index in [1.54, 1.807) is 18.0 Å². The van der Waals surface area contributed by atoms with Crippen LogP contribution in [0.25, 0.3) is 6.08 Å². The van der Waals surface area contributed by atoms with Crippen molar-refractivity contribution >= 4 is 69.0 Å². The number of carbonyl (C=O) groups is 1. The summed E-state index contributed by atoms with van der Waals surface area (Å²) in [4.78, 5) is 11.9. The number of nitrogens with zero attached hydrogens (tertiary/aromatic N) is 3. The number of nitrogens with one attached hydrogen (secondary N) is 1. The summed E-state index contributed by atoms with van der Waals surface area (Å²) >= 11 is 7.90. The second-order valence-electron chi connectivity index (χ2n) is 5.63. The van der Waals surface area contributed by atoms with Crippen molar-refractivity contribution in [3.63, 3.8) is 0 Å². The van der Waals surface area contributed by atoms with Gasteiger partial charge in [-0.2, -0.15) is 5.10 Å². The van der Waals surface area contributed by atoms with Crippen LogP contribution in [0.15, 0.2) is 78.9 Å². The number of hydrogen-bond acceptors (Lipinski definition) is 7. The lowest BCUT2D eigenvalue weighted by Gasteiger charge is -1.98. The molecule has 5 nitrogen and oxygen atoms in total. The van der Waals surface area contributed by atoms with Crippen LogP contribution in [0.5, 0.6) is 0 Å². The Hall–Kier alpha value is -1.94. The third-order valence-corrected chi connectivity index (χ3v) is 7.10. The molecule has 148 valence electrons. The predicted molar refractivity (Wildman–Crippen MR) is 127 cm³/mol. The zero-order valence-electron chi connectivity index (χ0n) is 15.2. The fraction of sp³-hybridized carbons (Fsp3) is 0.100. The average Bonchev–Trinajstić information content (AvgIpc) is 3.20. The molecule has 0 unspecified atom stereocenters. The van der Waals surface area contributed by atoms with Crippen LogP contribution in [-0.2, 0) is 10.5 Å². The van der Waals surface area contributed by atoms with Crippen LogP contribution in [0.4, 0.5) is 0 Å². The minimum absolute atomic E-state index is 0.194. The summed E-state index contributed by atoms with van der Waals surface area (Å²) < 4.78 is 2.43. The highest BCUT2D eigenvalue weighted by atomic mass is 79.9. The van der Waals surface area contributed by atoms with Gasteiger partial charge >= 0.3 is 0 Å². The SMILES string of the molecule is O=C(CSc1nnc(SCc2ccccc2)s1)N/N=C/C(Br)=C\c1ccccc1. The number of benzene rings is 2. The van der Waals surface area contributed by atoms with Crippen molar-refractivity contribution in [1.29, 1.82) is 0 Å². The minimum atomic E-state index is -0.194. The molecule has 3 rings (SSSR count). The van der Waals surface area contributed by atoms with Crippen LogP contribution < -0.4 is 5.43 Å². The zero-order valence-corrected chi connectivity index (χ0v) is 19.2. The molecule has 0 aliphatic carbocycles. The number of thioether (sulfide) groups is 2. The van der Waals surface area contributed by atoms with E-state index >= 15 is 0 Å². The first-order valence-corrected chi connectivity index (χ1v) is 12.1. The molecule has 3 aromatic rings. The molecule has 9 heteroatoms. The van der Waals surface area contributed by atoms with Gasteiger partial charge in [-0.1, -0.05) is 95.5 Å². The lowest BCUT2D eigenvalue weighted by molar-refractivity contribution is -0.118. The predicted octanol–water partition coefficient (Wildman–Crippen LogP) is 5.46. The molecule has 0 aliphatic rings. The van der Waals surface area contributed by atoms with Crippen LogP contribution in [0.2, 0.25) is 0 Å². The van der Waals surface area contributed by atoms with Gasteiger partial charge < -0.3 is 0 Å². The van der Waals surface area contributed by atoms with Crippen LogP contribution in [-0.4, -0.2) is 28.1 Å². The molecule has 29 heavy (non-hydrogen) atoms. The van der Waals surface area contributed by atoms with E-state index < -0.39 is 0 Å². The van der Waals surface area contributed by atoms with Gasteiger partial charge in [-0.25, -0.2) is 5.43 Å². The molecule has 0 saturated carbocycles. The first kappa shape index (κ1) is 21.8. The Labute approximate surface area is 190 Å². The van der Waals surface area contributed by atoms with E-state index in [4.69, 9.17) is 0 Å². The number of rotatable bonds is 9. The first-order valence-electron chi connectivity index (χ1n) is 8.56. The Morgan fingerprint density at radius 2 is 1.69 bits per heavy atom. The molecule has 0 saturated heterocycles. The van der Waals surface area contributed by atoms with Gasteiger partial charge in [0, 0.05) is 10.2 Å². The normalized spacial score (nSPS) is 11.7. The Morgan fingerprint density at radius 3 is 2.41 bits per heavy atom. The van der Waals surface area contributed by atoms with Gasteiger partial charge in [0.2, 0.25) is 0 Å². The highest BCUT2D eigenvalue weighted by Crippen LogP contribution is 2.30. The van der Waals surface area contributed by atoms with Crippen LogP contribution in [0.1, 0.15) is 11.1 Å².